The zero-order valence-corrected chi connectivity index (χ0v) is 17.4. The van der Waals surface area contributed by atoms with Crippen LogP contribution >= 0.6 is 11.3 Å². The highest BCUT2D eigenvalue weighted by molar-refractivity contribution is 7.16. The van der Waals surface area contributed by atoms with Crippen molar-refractivity contribution in [2.45, 2.75) is 32.6 Å². The first-order chi connectivity index (χ1) is 14.0. The summed E-state index contributed by atoms with van der Waals surface area (Å²) in [6, 6.07) is 18.0. The van der Waals surface area contributed by atoms with Crippen molar-refractivity contribution in [3.63, 3.8) is 0 Å². The van der Waals surface area contributed by atoms with Crippen LogP contribution in [0.3, 0.4) is 0 Å². The molecule has 0 unspecified atom stereocenters. The Morgan fingerprint density at radius 1 is 1.07 bits per heavy atom. The summed E-state index contributed by atoms with van der Waals surface area (Å²) >= 11 is 1.31. The summed E-state index contributed by atoms with van der Waals surface area (Å²) in [7, 11) is 1.36. The summed E-state index contributed by atoms with van der Waals surface area (Å²) in [6.07, 6.45) is 2.16. The molecule has 3 rings (SSSR count). The molecular weight excluding hydrogens is 384 g/mol. The summed E-state index contributed by atoms with van der Waals surface area (Å²) in [5.74, 6) is -0.406. The van der Waals surface area contributed by atoms with Crippen LogP contribution in [0.4, 0.5) is 5.13 Å². The number of thiazole rings is 1. The Morgan fingerprint density at radius 3 is 2.48 bits per heavy atom. The van der Waals surface area contributed by atoms with Crippen molar-refractivity contribution in [1.82, 2.24) is 4.98 Å². The predicted molar refractivity (Wildman–Crippen MR) is 116 cm³/mol. The fourth-order valence-electron chi connectivity index (χ4n) is 2.94. The lowest BCUT2D eigenvalue weighted by molar-refractivity contribution is -0.139. The van der Waals surface area contributed by atoms with E-state index < -0.39 is 0 Å². The van der Waals surface area contributed by atoms with Gasteiger partial charge >= 0.3 is 5.97 Å². The van der Waals surface area contributed by atoms with Crippen molar-refractivity contribution in [3.05, 3.63) is 70.6 Å². The second kappa shape index (κ2) is 9.98. The number of aromatic nitrogens is 1. The van der Waals surface area contributed by atoms with Crippen LogP contribution in [0.25, 0.3) is 11.3 Å². The zero-order chi connectivity index (χ0) is 20.6. The minimum Gasteiger partial charge on any atom is -0.469 e. The summed E-state index contributed by atoms with van der Waals surface area (Å²) in [5.41, 5.74) is 4.06. The first kappa shape index (κ1) is 20.7. The molecule has 150 valence electrons. The van der Waals surface area contributed by atoms with Gasteiger partial charge in [0.2, 0.25) is 5.91 Å². The third-order valence-corrected chi connectivity index (χ3v) is 5.48. The van der Waals surface area contributed by atoms with Gasteiger partial charge in [-0.25, -0.2) is 4.98 Å². The number of anilines is 1. The van der Waals surface area contributed by atoms with Crippen molar-refractivity contribution >= 4 is 28.3 Å². The number of carbonyl (C=O) groups is 2. The molecule has 3 aromatic rings. The van der Waals surface area contributed by atoms with E-state index in [4.69, 9.17) is 4.74 Å². The van der Waals surface area contributed by atoms with E-state index in [2.05, 4.69) is 41.5 Å². The minimum absolute atomic E-state index is 0.0740. The Hall–Kier alpha value is -2.99. The van der Waals surface area contributed by atoms with Gasteiger partial charge in [-0.05, 0) is 25.3 Å². The molecule has 0 saturated carbocycles. The molecule has 0 atom stereocenters. The number of carbonyl (C=O) groups excluding carboxylic acids is 2. The average molecular weight is 409 g/mol. The molecule has 29 heavy (non-hydrogen) atoms. The number of hydrogen-bond acceptors (Lipinski definition) is 5. The van der Waals surface area contributed by atoms with Gasteiger partial charge in [0.1, 0.15) is 0 Å². The highest BCUT2D eigenvalue weighted by atomic mass is 32.1. The Bertz CT molecular complexity index is 966. The molecule has 1 N–H and O–H groups in total. The van der Waals surface area contributed by atoms with Gasteiger partial charge in [0.15, 0.2) is 5.13 Å². The van der Waals surface area contributed by atoms with Gasteiger partial charge in [0, 0.05) is 16.9 Å². The largest absolute Gasteiger partial charge is 0.469 e. The molecule has 6 heteroatoms. The van der Waals surface area contributed by atoms with E-state index in [1.165, 1.54) is 29.6 Å². The van der Waals surface area contributed by atoms with Gasteiger partial charge in [0.25, 0.3) is 0 Å². The van der Waals surface area contributed by atoms with Gasteiger partial charge in [0.05, 0.1) is 19.2 Å². The van der Waals surface area contributed by atoms with Crippen LogP contribution in [0, 0.1) is 6.92 Å². The molecule has 0 aliphatic carbocycles. The zero-order valence-electron chi connectivity index (χ0n) is 16.6. The van der Waals surface area contributed by atoms with Gasteiger partial charge in [-0.2, -0.15) is 0 Å². The first-order valence-electron chi connectivity index (χ1n) is 9.52. The molecule has 0 fully saturated rings. The molecule has 0 aliphatic rings. The smallest absolute Gasteiger partial charge is 0.310 e. The van der Waals surface area contributed by atoms with E-state index in [1.807, 2.05) is 30.3 Å². The van der Waals surface area contributed by atoms with Crippen LogP contribution in [0.2, 0.25) is 0 Å². The molecule has 1 heterocycles. The highest BCUT2D eigenvalue weighted by Crippen LogP contribution is 2.32. The van der Waals surface area contributed by atoms with Crippen LogP contribution in [0.15, 0.2) is 54.6 Å². The van der Waals surface area contributed by atoms with Crippen LogP contribution in [0.5, 0.6) is 0 Å². The Morgan fingerprint density at radius 2 is 1.79 bits per heavy atom. The molecule has 5 nitrogen and oxygen atoms in total. The van der Waals surface area contributed by atoms with E-state index in [0.29, 0.717) is 17.2 Å². The first-order valence-corrected chi connectivity index (χ1v) is 10.3. The topological polar surface area (TPSA) is 68.3 Å². The molecular formula is C23H24N2O3S. The van der Waals surface area contributed by atoms with Crippen LogP contribution < -0.4 is 5.32 Å². The average Bonchev–Trinajstić information content (AvgIpc) is 3.12. The van der Waals surface area contributed by atoms with Crippen LogP contribution in [-0.4, -0.2) is 24.0 Å². The maximum atomic E-state index is 12.4. The van der Waals surface area contributed by atoms with Crippen molar-refractivity contribution in [2.24, 2.45) is 0 Å². The number of benzene rings is 2. The molecule has 1 aromatic heterocycles. The van der Waals surface area contributed by atoms with E-state index >= 15 is 0 Å². The Kier molecular flexibility index (Phi) is 7.14. The minimum atomic E-state index is -0.332. The van der Waals surface area contributed by atoms with Crippen molar-refractivity contribution in [2.75, 3.05) is 12.4 Å². The van der Waals surface area contributed by atoms with Crippen molar-refractivity contribution in [1.29, 1.82) is 0 Å². The summed E-state index contributed by atoms with van der Waals surface area (Å²) in [6.45, 7) is 2.06. The normalized spacial score (nSPS) is 10.6. The fourth-order valence-corrected chi connectivity index (χ4v) is 3.92. The van der Waals surface area contributed by atoms with Crippen molar-refractivity contribution < 1.29 is 14.3 Å². The fraction of sp³-hybridized carbons (Fsp3) is 0.261. The number of esters is 1. The number of hydrogen-bond donors (Lipinski definition) is 1. The third kappa shape index (κ3) is 5.99. The van der Waals surface area contributed by atoms with Crippen LogP contribution in [-0.2, 0) is 27.2 Å². The van der Waals surface area contributed by atoms with Gasteiger partial charge < -0.3 is 10.1 Å². The van der Waals surface area contributed by atoms with Gasteiger partial charge in [-0.15, -0.1) is 11.3 Å². The second-order valence-corrected chi connectivity index (χ2v) is 7.88. The van der Waals surface area contributed by atoms with Gasteiger partial charge in [-0.3, -0.25) is 9.59 Å². The van der Waals surface area contributed by atoms with E-state index in [0.717, 1.165) is 23.3 Å². The SMILES string of the molecule is COC(=O)Cc1sc(NC(=O)CCCc2ccc(C)cc2)nc1-c1ccccc1. The number of rotatable bonds is 8. The predicted octanol–water partition coefficient (Wildman–Crippen LogP) is 4.80. The molecule has 0 aliphatic heterocycles. The van der Waals surface area contributed by atoms with Gasteiger partial charge in [-0.1, -0.05) is 60.2 Å². The second-order valence-electron chi connectivity index (χ2n) is 6.80. The lowest BCUT2D eigenvalue weighted by Crippen LogP contribution is -2.11. The molecule has 0 spiro atoms. The standard InChI is InChI=1S/C23H24N2O3S/c1-16-11-13-17(14-12-16)7-6-10-20(26)24-23-25-22(18-8-4-3-5-9-18)19(29-23)15-21(27)28-2/h3-5,8-9,11-14H,6-7,10,15H2,1-2H3,(H,24,25,26). The number of amides is 1. The molecule has 0 radical (unpaired) electrons. The van der Waals surface area contributed by atoms with Crippen LogP contribution in [0.1, 0.15) is 28.8 Å². The molecule has 1 amide bonds. The number of nitrogens with zero attached hydrogens (tertiary/aromatic N) is 1. The summed E-state index contributed by atoms with van der Waals surface area (Å²) in [5, 5.41) is 3.38. The maximum absolute atomic E-state index is 12.4. The number of methoxy groups -OCH3 is 1. The Balaban J connectivity index is 1.64. The number of aryl methyl sites for hydroxylation is 2. The number of ether oxygens (including phenoxy) is 1. The van der Waals surface area contributed by atoms with E-state index in [-0.39, 0.29) is 18.3 Å². The number of nitrogens with one attached hydrogen (secondary N) is 1. The summed E-state index contributed by atoms with van der Waals surface area (Å²) in [4.78, 5) is 29.5. The molecule has 0 saturated heterocycles. The lowest BCUT2D eigenvalue weighted by atomic mass is 10.1. The molecule has 0 bridgehead atoms. The lowest BCUT2D eigenvalue weighted by Gasteiger charge is -2.03. The van der Waals surface area contributed by atoms with E-state index in [9.17, 15) is 9.59 Å². The third-order valence-electron chi connectivity index (χ3n) is 4.51. The van der Waals surface area contributed by atoms with Crippen molar-refractivity contribution in [3.8, 4) is 11.3 Å². The Labute approximate surface area is 174 Å². The quantitative estimate of drug-likeness (QED) is 0.544. The molecule has 2 aromatic carbocycles. The summed E-state index contributed by atoms with van der Waals surface area (Å²) < 4.78 is 4.79. The monoisotopic (exact) mass is 408 g/mol. The van der Waals surface area contributed by atoms with E-state index in [1.54, 1.807) is 0 Å². The highest BCUT2D eigenvalue weighted by Gasteiger charge is 2.17. The maximum Gasteiger partial charge on any atom is 0.310 e.